The molecule has 7 aromatic carbocycles. The zero-order chi connectivity index (χ0) is 45.8. The molecule has 7 aliphatic rings. The first-order chi connectivity index (χ1) is 33.3. The Morgan fingerprint density at radius 3 is 0.809 bits per heavy atom. The Kier molecular flexibility index (Phi) is 13.3. The molecule has 7 aliphatic carbocycles. The fourth-order valence-electron chi connectivity index (χ4n) is 11.0. The number of benzene rings is 7. The Hall–Kier alpha value is -2.63. The van der Waals surface area contributed by atoms with Crippen LogP contribution in [0.1, 0.15) is 170 Å². The molecule has 346 valence electrons. The normalized spacial score (nSPS) is 19.5. The van der Waals surface area contributed by atoms with Gasteiger partial charge in [-0.05, 0) is 30.4 Å². The van der Waals surface area contributed by atoms with Crippen molar-refractivity contribution in [1.29, 1.82) is 0 Å². The third kappa shape index (κ3) is 9.70. The second-order valence-electron chi connectivity index (χ2n) is 21.0. The van der Waals surface area contributed by atoms with Crippen LogP contribution >= 0.6 is 33.0 Å². The summed E-state index contributed by atoms with van der Waals surface area (Å²) in [6, 6.07) is 63.8. The van der Waals surface area contributed by atoms with E-state index in [1.807, 2.05) is 0 Å². The van der Waals surface area contributed by atoms with Gasteiger partial charge in [0.15, 0.2) is 0 Å². The van der Waals surface area contributed by atoms with Gasteiger partial charge in [-0.3, -0.25) is 0 Å². The summed E-state index contributed by atoms with van der Waals surface area (Å²) < 4.78 is 10.4. The van der Waals surface area contributed by atoms with Gasteiger partial charge in [-0.25, -0.2) is 0 Å². The first kappa shape index (κ1) is 46.4. The van der Waals surface area contributed by atoms with Gasteiger partial charge in [0, 0.05) is 4.47 Å². The van der Waals surface area contributed by atoms with Crippen LogP contribution in [0.25, 0.3) is 0 Å². The van der Waals surface area contributed by atoms with Crippen molar-refractivity contribution < 1.29 is 0 Å². The van der Waals surface area contributed by atoms with Crippen LogP contribution < -0.4 is 19.6 Å². The fourth-order valence-corrected chi connectivity index (χ4v) is 46.9. The van der Waals surface area contributed by atoms with E-state index in [-0.39, 0.29) is 0 Å². The summed E-state index contributed by atoms with van der Waals surface area (Å²) in [7, 11) is 16.4. The third-order valence-corrected chi connectivity index (χ3v) is 50.9. The summed E-state index contributed by atoms with van der Waals surface area (Å²) in [4.78, 5) is 0. The van der Waals surface area contributed by atoms with Gasteiger partial charge in [0.05, 0.1) is 0 Å². The second kappa shape index (κ2) is 19.4. The van der Waals surface area contributed by atoms with Crippen LogP contribution in [0.3, 0.4) is 0 Å². The summed E-state index contributed by atoms with van der Waals surface area (Å²) in [6.45, 7) is 0. The number of hydrogen-bond donors (Lipinski definition) is 0. The summed E-state index contributed by atoms with van der Waals surface area (Å²) in [6.07, 6.45) is 18.6. The van der Waals surface area contributed by atoms with Gasteiger partial charge in [-0.1, -0.05) is 34.1 Å². The topological polar surface area (TPSA) is 0 Å². The summed E-state index contributed by atoms with van der Waals surface area (Å²) in [5.74, 6) is 5.20. The van der Waals surface area contributed by atoms with Crippen molar-refractivity contribution in [3.63, 3.8) is 0 Å². The average Bonchev–Trinajstić information content (AvgIpc) is 4.19. The van der Waals surface area contributed by atoms with E-state index in [2.05, 4.69) is 186 Å². The predicted octanol–water partition coefficient (Wildman–Crippen LogP) is 14.4. The van der Waals surface area contributed by atoms with Crippen molar-refractivity contribution in [2.45, 2.75) is 131 Å². The molecular weight excluding hydrogens is 1330 g/mol. The van der Waals surface area contributed by atoms with E-state index in [0.29, 0.717) is 17.8 Å². The van der Waals surface area contributed by atoms with E-state index in [1.165, 1.54) is 126 Å². The molecule has 0 spiro atoms. The van der Waals surface area contributed by atoms with E-state index < -0.39 is 38.1 Å². The van der Waals surface area contributed by atoms with Gasteiger partial charge in [0.25, 0.3) is 0 Å². The van der Waals surface area contributed by atoms with Gasteiger partial charge >= 0.3 is 366 Å². The standard InChI is InChI=1S/C9H9Br.6C9H9.2Bi.2ClH/c10-9-4-2-1-3-8(9)7-5-6-7;6*1-2-4-8(5-3-1)9-6-7-9;;;;/h1-4,7H,5-6H2;6*1-4,9H,6-7H2;;;2*1H/q;;;;;;;;+2;;/p-2. The molecule has 0 N–H and O–H groups in total. The number of halogens is 3. The van der Waals surface area contributed by atoms with Crippen molar-refractivity contribution >= 4 is 90.7 Å². The van der Waals surface area contributed by atoms with Crippen LogP contribution in [-0.4, -0.2) is 38.1 Å². The van der Waals surface area contributed by atoms with Crippen molar-refractivity contribution in [2.75, 3.05) is 0 Å². The van der Waals surface area contributed by atoms with Gasteiger partial charge in [0.2, 0.25) is 0 Å². The molecule has 0 radical (unpaired) electrons. The van der Waals surface area contributed by atoms with Crippen LogP contribution in [0.15, 0.2) is 174 Å². The average molecular weight is 1390 g/mol. The molecule has 14 rings (SSSR count). The van der Waals surface area contributed by atoms with E-state index in [1.54, 1.807) is 26.5 Å². The molecule has 0 amide bonds. The third-order valence-electron chi connectivity index (χ3n) is 15.6. The molecule has 0 bridgehead atoms. The minimum atomic E-state index is -4.93. The Morgan fingerprint density at radius 1 is 0.294 bits per heavy atom. The summed E-state index contributed by atoms with van der Waals surface area (Å²) in [5, 5.41) is 0. The Balaban J connectivity index is 0.000000118. The molecule has 0 unspecified atom stereocenters. The maximum absolute atomic E-state index is 8.18. The second-order valence-corrected chi connectivity index (χ2v) is 56.2. The SMILES string of the molecule is Brc1ccccc1C1CC1.[Cl][Bi]([Cl])([c]1ccccc1C1CC1)([c]1ccccc1C1CC1)[c]1ccccc1C1CC1.c1cc[c]([Bi]([c]2ccccc2C2CC2)[c]2ccccc2C2CC2)c(C2CC2)c1. The molecule has 68 heavy (non-hydrogen) atoms. The van der Waals surface area contributed by atoms with Gasteiger partial charge in [0.1, 0.15) is 0 Å². The number of hydrogen-bond acceptors (Lipinski definition) is 0. The minimum absolute atomic E-state index is 0.619. The van der Waals surface area contributed by atoms with E-state index in [0.717, 1.165) is 23.7 Å². The van der Waals surface area contributed by atoms with Crippen molar-refractivity contribution in [3.05, 3.63) is 213 Å². The molecule has 0 heterocycles. The maximum atomic E-state index is 8.18. The van der Waals surface area contributed by atoms with Crippen LogP contribution in [0.2, 0.25) is 0 Å². The predicted molar refractivity (Wildman–Crippen MR) is 298 cm³/mol. The quantitative estimate of drug-likeness (QED) is 0.101. The van der Waals surface area contributed by atoms with Crippen LogP contribution in [0, 0.1) is 0 Å². The Labute approximate surface area is 430 Å². The molecular formula is C63H63Bi2BrCl2. The van der Waals surface area contributed by atoms with Gasteiger partial charge in [-0.2, -0.15) is 0 Å². The van der Waals surface area contributed by atoms with E-state index in [4.69, 9.17) is 17.0 Å². The molecule has 5 heteroatoms. The van der Waals surface area contributed by atoms with Crippen LogP contribution in [0.4, 0.5) is 0 Å². The van der Waals surface area contributed by atoms with Crippen molar-refractivity contribution in [3.8, 4) is 0 Å². The zero-order valence-electron chi connectivity index (χ0n) is 39.1. The molecule has 7 saturated carbocycles. The molecule has 7 fully saturated rings. The monoisotopic (exact) mass is 1390 g/mol. The molecule has 0 saturated heterocycles. The van der Waals surface area contributed by atoms with Gasteiger partial charge in [-0.15, -0.1) is 0 Å². The fraction of sp³-hybridized carbons (Fsp3) is 0.333. The first-order valence-electron chi connectivity index (χ1n) is 25.9. The Morgan fingerprint density at radius 2 is 0.515 bits per heavy atom. The van der Waals surface area contributed by atoms with Crippen LogP contribution in [0.5, 0.6) is 0 Å². The van der Waals surface area contributed by atoms with E-state index >= 15 is 0 Å². The molecule has 7 aromatic rings. The molecule has 0 atom stereocenters. The zero-order valence-corrected chi connectivity index (χ0v) is 49.2. The summed E-state index contributed by atoms with van der Waals surface area (Å²) in [5.41, 5.74) is 10.8. The number of rotatable bonds is 13. The first-order valence-corrected chi connectivity index (χ1v) is 45.7. The Bertz CT molecular complexity index is 2680. The van der Waals surface area contributed by atoms with Gasteiger partial charge < -0.3 is 0 Å². The molecule has 0 aliphatic heterocycles. The summed E-state index contributed by atoms with van der Waals surface area (Å²) >= 11 is -3.74. The van der Waals surface area contributed by atoms with Crippen molar-refractivity contribution in [1.82, 2.24) is 0 Å². The molecule has 0 nitrogen and oxygen atoms in total. The van der Waals surface area contributed by atoms with E-state index in [9.17, 15) is 0 Å². The molecule has 0 aromatic heterocycles. The van der Waals surface area contributed by atoms with Crippen LogP contribution in [-0.2, 0) is 0 Å². The van der Waals surface area contributed by atoms with Crippen molar-refractivity contribution in [2.24, 2.45) is 0 Å².